The average Bonchev–Trinajstić information content (AvgIpc) is 3.46. The lowest BCUT2D eigenvalue weighted by Gasteiger charge is -2.08. The summed E-state index contributed by atoms with van der Waals surface area (Å²) < 4.78 is 39.9. The maximum absolute atomic E-state index is 12.9. The molecule has 3 aromatic rings. The van der Waals surface area contributed by atoms with E-state index in [1.165, 1.54) is 10.5 Å². The third kappa shape index (κ3) is 4.20. The summed E-state index contributed by atoms with van der Waals surface area (Å²) in [7, 11) is 0. The van der Waals surface area contributed by atoms with Gasteiger partial charge in [-0.2, -0.15) is 13.2 Å². The monoisotopic (exact) mass is 403 g/mol. The highest BCUT2D eigenvalue weighted by Gasteiger charge is 2.31. The van der Waals surface area contributed by atoms with Gasteiger partial charge in [0.15, 0.2) is 11.5 Å². The van der Waals surface area contributed by atoms with Crippen LogP contribution in [0.1, 0.15) is 34.6 Å². The van der Waals surface area contributed by atoms with Crippen molar-refractivity contribution in [3.63, 3.8) is 0 Å². The molecule has 0 saturated heterocycles. The van der Waals surface area contributed by atoms with Gasteiger partial charge in [0, 0.05) is 23.4 Å². The van der Waals surface area contributed by atoms with Crippen molar-refractivity contribution in [3.8, 4) is 0 Å². The first-order valence-electron chi connectivity index (χ1n) is 8.91. The fourth-order valence-corrected chi connectivity index (χ4v) is 2.78. The van der Waals surface area contributed by atoms with E-state index < -0.39 is 17.6 Å². The van der Waals surface area contributed by atoms with Crippen LogP contribution in [0.2, 0.25) is 0 Å². The van der Waals surface area contributed by atoms with Gasteiger partial charge in [0.1, 0.15) is 0 Å². The van der Waals surface area contributed by atoms with E-state index in [-0.39, 0.29) is 29.8 Å². The number of benzene rings is 1. The molecule has 2 aromatic heterocycles. The molecule has 1 aromatic carbocycles. The summed E-state index contributed by atoms with van der Waals surface area (Å²) in [4.78, 5) is 24.1. The van der Waals surface area contributed by atoms with Crippen LogP contribution in [0.15, 0.2) is 42.6 Å². The van der Waals surface area contributed by atoms with Crippen LogP contribution in [-0.4, -0.2) is 26.4 Å². The largest absolute Gasteiger partial charge is 0.417 e. The molecular weight excluding hydrogens is 387 g/mol. The Balaban J connectivity index is 1.42. The molecule has 0 aliphatic heterocycles. The Morgan fingerprint density at radius 1 is 1.07 bits per heavy atom. The summed E-state index contributed by atoms with van der Waals surface area (Å²) in [6.45, 7) is -0.0958. The lowest BCUT2D eigenvalue weighted by molar-refractivity contribution is -0.137. The van der Waals surface area contributed by atoms with E-state index in [4.69, 9.17) is 0 Å². The number of hydrogen-bond acceptors (Lipinski definition) is 4. The number of fused-ring (bicyclic) bond motifs is 1. The van der Waals surface area contributed by atoms with Gasteiger partial charge in [-0.05, 0) is 49.2 Å². The Kier molecular flexibility index (Phi) is 4.69. The number of amides is 2. The number of anilines is 1. The van der Waals surface area contributed by atoms with Crippen LogP contribution in [0.25, 0.3) is 5.65 Å². The lowest BCUT2D eigenvalue weighted by Crippen LogP contribution is -2.24. The molecule has 29 heavy (non-hydrogen) atoms. The van der Waals surface area contributed by atoms with E-state index >= 15 is 0 Å². The topological polar surface area (TPSA) is 88.4 Å². The summed E-state index contributed by atoms with van der Waals surface area (Å²) in [5.41, 5.74) is 0.361. The molecule has 0 unspecified atom stereocenters. The molecule has 10 heteroatoms. The van der Waals surface area contributed by atoms with Gasteiger partial charge in [-0.15, -0.1) is 10.2 Å². The second-order valence-corrected chi connectivity index (χ2v) is 6.78. The van der Waals surface area contributed by atoms with Crippen molar-refractivity contribution in [3.05, 3.63) is 59.5 Å². The third-order valence-corrected chi connectivity index (χ3v) is 4.57. The fourth-order valence-electron chi connectivity index (χ4n) is 2.78. The summed E-state index contributed by atoms with van der Waals surface area (Å²) in [5, 5.41) is 13.0. The summed E-state index contributed by atoms with van der Waals surface area (Å²) in [5.74, 6) is -0.200. The van der Waals surface area contributed by atoms with Crippen molar-refractivity contribution in [1.29, 1.82) is 0 Å². The minimum atomic E-state index is -4.49. The molecule has 2 N–H and O–H groups in total. The van der Waals surface area contributed by atoms with E-state index in [2.05, 4.69) is 20.8 Å². The highest BCUT2D eigenvalue weighted by atomic mass is 19.4. The summed E-state index contributed by atoms with van der Waals surface area (Å²) >= 11 is 0. The zero-order valence-corrected chi connectivity index (χ0v) is 15.0. The minimum Gasteiger partial charge on any atom is -0.345 e. The summed E-state index contributed by atoms with van der Waals surface area (Å²) in [6.07, 6.45) is -1.80. The first kappa shape index (κ1) is 18.9. The van der Waals surface area contributed by atoms with Crippen LogP contribution in [0.5, 0.6) is 0 Å². The number of carbonyl (C=O) groups excluding carboxylic acids is 2. The molecule has 0 radical (unpaired) electrons. The maximum Gasteiger partial charge on any atom is 0.417 e. The Hall–Kier alpha value is -3.43. The minimum absolute atomic E-state index is 0.0286. The van der Waals surface area contributed by atoms with Gasteiger partial charge in [-0.1, -0.05) is 0 Å². The molecule has 0 bridgehead atoms. The van der Waals surface area contributed by atoms with Gasteiger partial charge < -0.3 is 10.6 Å². The van der Waals surface area contributed by atoms with Gasteiger partial charge in [-0.3, -0.25) is 14.0 Å². The van der Waals surface area contributed by atoms with E-state index in [9.17, 15) is 22.8 Å². The molecule has 1 saturated carbocycles. The number of hydrogen-bond donors (Lipinski definition) is 2. The number of pyridine rings is 1. The molecule has 2 heterocycles. The molecule has 1 aliphatic carbocycles. The Morgan fingerprint density at radius 2 is 1.79 bits per heavy atom. The molecular formula is C19H16F3N5O2. The molecule has 1 fully saturated rings. The molecule has 0 spiro atoms. The number of alkyl halides is 3. The van der Waals surface area contributed by atoms with Crippen molar-refractivity contribution < 1.29 is 22.8 Å². The number of aromatic nitrogens is 3. The number of nitrogens with one attached hydrogen (secondary N) is 2. The van der Waals surface area contributed by atoms with Gasteiger partial charge in [0.25, 0.3) is 5.91 Å². The first-order valence-corrected chi connectivity index (χ1v) is 8.91. The quantitative estimate of drug-likeness (QED) is 0.686. The van der Waals surface area contributed by atoms with Crippen molar-refractivity contribution in [2.75, 3.05) is 5.32 Å². The van der Waals surface area contributed by atoms with Crippen LogP contribution in [0, 0.1) is 5.92 Å². The molecule has 150 valence electrons. The average molecular weight is 403 g/mol. The predicted molar refractivity (Wildman–Crippen MR) is 97.0 cm³/mol. The smallest absolute Gasteiger partial charge is 0.345 e. The number of rotatable bonds is 5. The van der Waals surface area contributed by atoms with Gasteiger partial charge >= 0.3 is 6.18 Å². The zero-order valence-electron chi connectivity index (χ0n) is 15.0. The third-order valence-electron chi connectivity index (χ3n) is 4.57. The van der Waals surface area contributed by atoms with Crippen LogP contribution in [0.3, 0.4) is 0 Å². The highest BCUT2D eigenvalue weighted by Crippen LogP contribution is 2.30. The van der Waals surface area contributed by atoms with Crippen molar-refractivity contribution in [1.82, 2.24) is 19.9 Å². The highest BCUT2D eigenvalue weighted by molar-refractivity contribution is 5.96. The van der Waals surface area contributed by atoms with Gasteiger partial charge in [0.2, 0.25) is 5.91 Å². The Bertz CT molecular complexity index is 1070. The second-order valence-electron chi connectivity index (χ2n) is 6.78. The van der Waals surface area contributed by atoms with Crippen LogP contribution < -0.4 is 10.6 Å². The molecule has 4 rings (SSSR count). The number of carbonyl (C=O) groups is 2. The molecule has 2 amide bonds. The first-order chi connectivity index (χ1) is 13.8. The van der Waals surface area contributed by atoms with Crippen molar-refractivity contribution >= 4 is 23.1 Å². The van der Waals surface area contributed by atoms with E-state index in [1.807, 2.05) is 0 Å². The fraction of sp³-hybridized carbons (Fsp3) is 0.263. The summed E-state index contributed by atoms with van der Waals surface area (Å²) in [6, 6.07) is 8.50. The standard InChI is InChI=1S/C19H16F3N5O2/c20-19(21,22)13-5-8-15-25-26-16(27(15)10-13)9-23-17(28)11-3-6-14(7-4-11)24-18(29)12-1-2-12/h3-8,10,12H,1-2,9H2,(H,23,28)(H,24,29). The molecule has 7 nitrogen and oxygen atoms in total. The van der Waals surface area contributed by atoms with Crippen LogP contribution in [-0.2, 0) is 17.5 Å². The van der Waals surface area contributed by atoms with Crippen molar-refractivity contribution in [2.45, 2.75) is 25.6 Å². The van der Waals surface area contributed by atoms with Crippen LogP contribution >= 0.6 is 0 Å². The van der Waals surface area contributed by atoms with Crippen molar-refractivity contribution in [2.24, 2.45) is 5.92 Å². The van der Waals surface area contributed by atoms with E-state index in [0.29, 0.717) is 11.3 Å². The zero-order chi connectivity index (χ0) is 20.6. The predicted octanol–water partition coefficient (Wildman–Crippen LogP) is 3.03. The van der Waals surface area contributed by atoms with Gasteiger partial charge in [0.05, 0.1) is 12.1 Å². The molecule has 0 atom stereocenters. The molecule has 1 aliphatic rings. The lowest BCUT2D eigenvalue weighted by atomic mass is 10.2. The SMILES string of the molecule is O=C(NCc1nnc2ccc(C(F)(F)F)cn12)c1ccc(NC(=O)C2CC2)cc1. The Morgan fingerprint density at radius 3 is 2.45 bits per heavy atom. The van der Waals surface area contributed by atoms with Gasteiger partial charge in [-0.25, -0.2) is 0 Å². The maximum atomic E-state index is 12.9. The number of nitrogens with zero attached hydrogens (tertiary/aromatic N) is 3. The Labute approximate surface area is 162 Å². The van der Waals surface area contributed by atoms with E-state index in [1.54, 1.807) is 24.3 Å². The second kappa shape index (κ2) is 7.19. The van der Waals surface area contributed by atoms with Crippen LogP contribution in [0.4, 0.5) is 18.9 Å². The number of halogens is 3. The van der Waals surface area contributed by atoms with E-state index in [0.717, 1.165) is 25.1 Å². The normalized spacial score (nSPS) is 14.0.